The lowest BCUT2D eigenvalue weighted by Crippen LogP contribution is -2.45. The van der Waals surface area contributed by atoms with Gasteiger partial charge < -0.3 is 10.2 Å². The minimum absolute atomic E-state index is 0.182. The van der Waals surface area contributed by atoms with E-state index in [0.29, 0.717) is 11.5 Å². The average molecular weight is 314 g/mol. The van der Waals surface area contributed by atoms with Crippen molar-refractivity contribution in [3.63, 3.8) is 0 Å². The van der Waals surface area contributed by atoms with Crippen molar-refractivity contribution in [3.05, 3.63) is 17.1 Å². The van der Waals surface area contributed by atoms with Gasteiger partial charge in [-0.3, -0.25) is 0 Å². The average Bonchev–Trinajstić information content (AvgIpc) is 2.88. The van der Waals surface area contributed by atoms with Crippen molar-refractivity contribution >= 4 is 5.82 Å². The van der Waals surface area contributed by atoms with Gasteiger partial charge in [-0.25, -0.2) is 9.97 Å². The fourth-order valence-electron chi connectivity index (χ4n) is 3.58. The Balaban J connectivity index is 1.95. The van der Waals surface area contributed by atoms with E-state index in [1.165, 1.54) is 0 Å². The predicted molar refractivity (Wildman–Crippen MR) is 77.9 cm³/mol. The number of aromatic nitrogens is 2. The first kappa shape index (κ1) is 15.5. The lowest BCUT2D eigenvalue weighted by atomic mass is 9.79. The standard InChI is InChI=1S/C15H21F3N4/c1-10-11(2)20-13(15(16,17)18)21-12(10)22-7-3-4-14(9-22)5-6-19-8-14/h19H,3-9H2,1-2H3/t14-/m1/s1. The van der Waals surface area contributed by atoms with Gasteiger partial charge >= 0.3 is 6.18 Å². The minimum atomic E-state index is -4.50. The van der Waals surface area contributed by atoms with Crippen molar-refractivity contribution in [1.29, 1.82) is 0 Å². The Bertz CT molecular complexity index is 565. The normalized spacial score (nSPS) is 26.0. The fraction of sp³-hybridized carbons (Fsp3) is 0.733. The quantitative estimate of drug-likeness (QED) is 0.865. The summed E-state index contributed by atoms with van der Waals surface area (Å²) in [6.45, 7) is 6.89. The van der Waals surface area contributed by atoms with Crippen LogP contribution in [0.5, 0.6) is 0 Å². The van der Waals surface area contributed by atoms with E-state index in [4.69, 9.17) is 0 Å². The van der Waals surface area contributed by atoms with Crippen LogP contribution in [0.3, 0.4) is 0 Å². The number of anilines is 1. The topological polar surface area (TPSA) is 41.1 Å². The van der Waals surface area contributed by atoms with Gasteiger partial charge in [0.1, 0.15) is 5.82 Å². The first-order valence-corrected chi connectivity index (χ1v) is 7.69. The van der Waals surface area contributed by atoms with Crippen LogP contribution in [0.1, 0.15) is 36.3 Å². The number of nitrogens with one attached hydrogen (secondary N) is 1. The summed E-state index contributed by atoms with van der Waals surface area (Å²) >= 11 is 0. The van der Waals surface area contributed by atoms with Crippen molar-refractivity contribution in [2.45, 2.75) is 39.3 Å². The number of alkyl halides is 3. The largest absolute Gasteiger partial charge is 0.451 e. The highest BCUT2D eigenvalue weighted by molar-refractivity contribution is 5.49. The van der Waals surface area contributed by atoms with Crippen molar-refractivity contribution in [2.24, 2.45) is 5.41 Å². The van der Waals surface area contributed by atoms with Crippen LogP contribution in [-0.4, -0.2) is 36.1 Å². The van der Waals surface area contributed by atoms with Gasteiger partial charge in [0, 0.05) is 36.3 Å². The van der Waals surface area contributed by atoms with Gasteiger partial charge in [-0.1, -0.05) is 0 Å². The maximum Gasteiger partial charge on any atom is 0.451 e. The van der Waals surface area contributed by atoms with Gasteiger partial charge in [0.25, 0.3) is 0 Å². The third-order valence-corrected chi connectivity index (χ3v) is 4.91. The second kappa shape index (κ2) is 5.37. The van der Waals surface area contributed by atoms with E-state index in [9.17, 15) is 13.2 Å². The second-order valence-electron chi connectivity index (χ2n) is 6.53. The van der Waals surface area contributed by atoms with Crippen molar-refractivity contribution in [3.8, 4) is 0 Å². The van der Waals surface area contributed by atoms with Gasteiger partial charge in [-0.2, -0.15) is 13.2 Å². The summed E-state index contributed by atoms with van der Waals surface area (Å²) in [6.07, 6.45) is -1.30. The molecule has 3 heterocycles. The van der Waals surface area contributed by atoms with Crippen LogP contribution in [-0.2, 0) is 6.18 Å². The number of piperidine rings is 1. The Morgan fingerprint density at radius 3 is 2.59 bits per heavy atom. The third kappa shape index (κ3) is 2.78. The molecule has 0 aromatic carbocycles. The number of rotatable bonds is 1. The molecule has 4 nitrogen and oxygen atoms in total. The Labute approximate surface area is 128 Å². The van der Waals surface area contributed by atoms with Crippen LogP contribution in [0.2, 0.25) is 0 Å². The molecule has 0 saturated carbocycles. The van der Waals surface area contributed by atoms with E-state index in [1.807, 2.05) is 4.90 Å². The summed E-state index contributed by atoms with van der Waals surface area (Å²) in [4.78, 5) is 9.49. The van der Waals surface area contributed by atoms with Crippen LogP contribution in [0.25, 0.3) is 0 Å². The molecular weight excluding hydrogens is 293 g/mol. The molecule has 0 unspecified atom stereocenters. The molecule has 2 saturated heterocycles. The number of nitrogens with zero attached hydrogens (tertiary/aromatic N) is 3. The summed E-state index contributed by atoms with van der Waals surface area (Å²) < 4.78 is 39.0. The van der Waals surface area contributed by atoms with Gasteiger partial charge in [-0.05, 0) is 39.7 Å². The molecule has 1 N–H and O–H groups in total. The molecule has 22 heavy (non-hydrogen) atoms. The SMILES string of the molecule is Cc1nc(C(F)(F)F)nc(N2CCC[C@]3(CCNC3)C2)c1C. The van der Waals surface area contributed by atoms with Crippen LogP contribution >= 0.6 is 0 Å². The lowest BCUT2D eigenvalue weighted by molar-refractivity contribution is -0.145. The molecule has 1 aromatic rings. The van der Waals surface area contributed by atoms with E-state index in [-0.39, 0.29) is 5.41 Å². The van der Waals surface area contributed by atoms with Crippen LogP contribution < -0.4 is 10.2 Å². The molecule has 2 aliphatic heterocycles. The van der Waals surface area contributed by atoms with Crippen molar-refractivity contribution in [1.82, 2.24) is 15.3 Å². The molecule has 2 fully saturated rings. The first-order chi connectivity index (χ1) is 10.3. The number of hydrogen-bond donors (Lipinski definition) is 1. The van der Waals surface area contributed by atoms with Gasteiger partial charge in [0.15, 0.2) is 0 Å². The maximum absolute atomic E-state index is 13.0. The van der Waals surface area contributed by atoms with Crippen LogP contribution in [0.4, 0.5) is 19.0 Å². The number of hydrogen-bond acceptors (Lipinski definition) is 4. The first-order valence-electron chi connectivity index (χ1n) is 7.69. The van der Waals surface area contributed by atoms with E-state index in [2.05, 4.69) is 15.3 Å². The fourth-order valence-corrected chi connectivity index (χ4v) is 3.58. The van der Waals surface area contributed by atoms with E-state index < -0.39 is 12.0 Å². The highest BCUT2D eigenvalue weighted by Crippen LogP contribution is 2.38. The Morgan fingerprint density at radius 2 is 1.95 bits per heavy atom. The molecule has 3 rings (SSSR count). The van der Waals surface area contributed by atoms with Crippen molar-refractivity contribution in [2.75, 3.05) is 31.1 Å². The molecule has 122 valence electrons. The predicted octanol–water partition coefficient (Wildman–Crippen LogP) is 2.69. The molecule has 1 spiro atoms. The van der Waals surface area contributed by atoms with Gasteiger partial charge in [0.2, 0.25) is 5.82 Å². The maximum atomic E-state index is 13.0. The molecule has 7 heteroatoms. The minimum Gasteiger partial charge on any atom is -0.356 e. The van der Waals surface area contributed by atoms with Gasteiger partial charge in [-0.15, -0.1) is 0 Å². The Morgan fingerprint density at radius 1 is 1.18 bits per heavy atom. The number of halogens is 3. The zero-order valence-electron chi connectivity index (χ0n) is 12.9. The molecule has 0 aliphatic carbocycles. The second-order valence-corrected chi connectivity index (χ2v) is 6.53. The third-order valence-electron chi connectivity index (χ3n) is 4.91. The summed E-state index contributed by atoms with van der Waals surface area (Å²) in [5.74, 6) is -0.583. The highest BCUT2D eigenvalue weighted by atomic mass is 19.4. The number of aryl methyl sites for hydroxylation is 1. The molecule has 1 aromatic heterocycles. The summed E-state index contributed by atoms with van der Waals surface area (Å²) in [5.41, 5.74) is 1.33. The zero-order chi connectivity index (χ0) is 16.0. The summed E-state index contributed by atoms with van der Waals surface area (Å²) in [5, 5.41) is 3.38. The molecule has 0 bridgehead atoms. The van der Waals surface area contributed by atoms with Crippen LogP contribution in [0.15, 0.2) is 0 Å². The smallest absolute Gasteiger partial charge is 0.356 e. The summed E-state index contributed by atoms with van der Waals surface area (Å²) in [6, 6.07) is 0. The van der Waals surface area contributed by atoms with Crippen LogP contribution in [0, 0.1) is 19.3 Å². The van der Waals surface area contributed by atoms with E-state index in [0.717, 1.165) is 51.0 Å². The van der Waals surface area contributed by atoms with Gasteiger partial charge in [0.05, 0.1) is 0 Å². The molecule has 2 aliphatic rings. The zero-order valence-corrected chi connectivity index (χ0v) is 12.9. The summed E-state index contributed by atoms with van der Waals surface area (Å²) in [7, 11) is 0. The molecular formula is C15H21F3N4. The van der Waals surface area contributed by atoms with E-state index in [1.54, 1.807) is 13.8 Å². The monoisotopic (exact) mass is 314 g/mol. The Hall–Kier alpha value is -1.37. The van der Waals surface area contributed by atoms with Crippen molar-refractivity contribution < 1.29 is 13.2 Å². The van der Waals surface area contributed by atoms with E-state index >= 15 is 0 Å². The molecule has 0 amide bonds. The Kier molecular flexibility index (Phi) is 3.79. The highest BCUT2D eigenvalue weighted by Gasteiger charge is 2.40. The lowest BCUT2D eigenvalue weighted by Gasteiger charge is -2.41. The molecule has 0 radical (unpaired) electrons. The molecule has 1 atom stereocenters.